The SMILES string of the molecule is CCC(CC)(CN)CNS(=O)(=O)c1c(C)n[nH]c1C. The summed E-state index contributed by atoms with van der Waals surface area (Å²) in [6, 6.07) is 0. The summed E-state index contributed by atoms with van der Waals surface area (Å²) in [5.74, 6) is 0. The molecule has 0 unspecified atom stereocenters. The van der Waals surface area contributed by atoms with Gasteiger partial charge in [0.25, 0.3) is 0 Å². The fourth-order valence-electron chi connectivity index (χ4n) is 2.12. The van der Waals surface area contributed by atoms with Crippen LogP contribution in [-0.2, 0) is 10.0 Å². The van der Waals surface area contributed by atoms with Gasteiger partial charge in [-0.05, 0) is 38.6 Å². The average molecular weight is 288 g/mol. The third kappa shape index (κ3) is 3.34. The molecule has 0 fully saturated rings. The third-order valence-electron chi connectivity index (χ3n) is 3.90. The van der Waals surface area contributed by atoms with Gasteiger partial charge >= 0.3 is 0 Å². The molecule has 0 saturated heterocycles. The number of aromatic amines is 1. The monoisotopic (exact) mass is 288 g/mol. The highest BCUT2D eigenvalue weighted by Gasteiger charge is 2.29. The topological polar surface area (TPSA) is 101 Å². The van der Waals surface area contributed by atoms with Crippen molar-refractivity contribution in [1.29, 1.82) is 0 Å². The fraction of sp³-hybridized carbons (Fsp3) is 0.750. The first-order valence-corrected chi connectivity index (χ1v) is 8.01. The van der Waals surface area contributed by atoms with Gasteiger partial charge in [-0.25, -0.2) is 13.1 Å². The van der Waals surface area contributed by atoms with Crippen molar-refractivity contribution in [3.05, 3.63) is 11.4 Å². The normalized spacial score (nSPS) is 12.9. The van der Waals surface area contributed by atoms with Crippen LogP contribution in [-0.4, -0.2) is 31.7 Å². The highest BCUT2D eigenvalue weighted by atomic mass is 32.2. The van der Waals surface area contributed by atoms with Gasteiger partial charge in [-0.3, -0.25) is 5.10 Å². The zero-order valence-electron chi connectivity index (χ0n) is 12.1. The zero-order valence-corrected chi connectivity index (χ0v) is 12.9. The second-order valence-electron chi connectivity index (χ2n) is 5.00. The lowest BCUT2D eigenvalue weighted by molar-refractivity contribution is 0.275. The minimum atomic E-state index is -3.54. The summed E-state index contributed by atoms with van der Waals surface area (Å²) >= 11 is 0. The Kier molecular flexibility index (Phi) is 5.11. The molecule has 1 aromatic heterocycles. The van der Waals surface area contributed by atoms with E-state index in [1.54, 1.807) is 13.8 Å². The van der Waals surface area contributed by atoms with Gasteiger partial charge in [0, 0.05) is 6.54 Å². The van der Waals surface area contributed by atoms with E-state index in [2.05, 4.69) is 14.9 Å². The lowest BCUT2D eigenvalue weighted by Gasteiger charge is -2.30. The molecule has 1 aromatic rings. The average Bonchev–Trinajstić information content (AvgIpc) is 2.72. The molecule has 0 aliphatic rings. The van der Waals surface area contributed by atoms with Gasteiger partial charge in [-0.15, -0.1) is 0 Å². The van der Waals surface area contributed by atoms with Crippen molar-refractivity contribution in [3.8, 4) is 0 Å². The van der Waals surface area contributed by atoms with Crippen LogP contribution in [0.5, 0.6) is 0 Å². The number of nitrogens with two attached hydrogens (primary N) is 1. The second-order valence-corrected chi connectivity index (χ2v) is 6.70. The van der Waals surface area contributed by atoms with Crippen molar-refractivity contribution in [2.24, 2.45) is 11.1 Å². The van der Waals surface area contributed by atoms with E-state index in [1.165, 1.54) is 0 Å². The van der Waals surface area contributed by atoms with Gasteiger partial charge in [0.2, 0.25) is 10.0 Å². The van der Waals surface area contributed by atoms with Crippen LogP contribution in [0.15, 0.2) is 4.90 Å². The van der Waals surface area contributed by atoms with Gasteiger partial charge in [-0.2, -0.15) is 5.10 Å². The van der Waals surface area contributed by atoms with Gasteiger partial charge in [0.1, 0.15) is 4.90 Å². The Hall–Kier alpha value is -0.920. The van der Waals surface area contributed by atoms with Gasteiger partial charge < -0.3 is 5.73 Å². The number of H-pyrrole nitrogens is 1. The van der Waals surface area contributed by atoms with Gasteiger partial charge in [0.15, 0.2) is 0 Å². The summed E-state index contributed by atoms with van der Waals surface area (Å²) in [5.41, 5.74) is 6.64. The highest BCUT2D eigenvalue weighted by Crippen LogP contribution is 2.25. The molecule has 1 heterocycles. The van der Waals surface area contributed by atoms with Crippen molar-refractivity contribution in [1.82, 2.24) is 14.9 Å². The molecule has 4 N–H and O–H groups in total. The quantitative estimate of drug-likeness (QED) is 0.698. The largest absolute Gasteiger partial charge is 0.330 e. The van der Waals surface area contributed by atoms with Crippen molar-refractivity contribution in [3.63, 3.8) is 0 Å². The Labute approximate surface area is 115 Å². The minimum Gasteiger partial charge on any atom is -0.330 e. The van der Waals surface area contributed by atoms with Gasteiger partial charge in [-0.1, -0.05) is 13.8 Å². The van der Waals surface area contributed by atoms with E-state index in [9.17, 15) is 8.42 Å². The lowest BCUT2D eigenvalue weighted by atomic mass is 9.83. The van der Waals surface area contributed by atoms with E-state index in [4.69, 9.17) is 5.73 Å². The first-order valence-electron chi connectivity index (χ1n) is 6.53. The van der Waals surface area contributed by atoms with Crippen molar-refractivity contribution in [2.45, 2.75) is 45.4 Å². The summed E-state index contributed by atoms with van der Waals surface area (Å²) in [4.78, 5) is 0.241. The smallest absolute Gasteiger partial charge is 0.244 e. The molecule has 19 heavy (non-hydrogen) atoms. The first-order chi connectivity index (χ1) is 8.82. The van der Waals surface area contributed by atoms with Crippen molar-refractivity contribution >= 4 is 10.0 Å². The van der Waals surface area contributed by atoms with Gasteiger partial charge in [0.05, 0.1) is 11.4 Å². The molecule has 0 saturated carbocycles. The summed E-state index contributed by atoms with van der Waals surface area (Å²) in [6.45, 7) is 8.24. The maximum absolute atomic E-state index is 12.3. The van der Waals surface area contributed by atoms with Crippen LogP contribution in [0.3, 0.4) is 0 Å². The van der Waals surface area contributed by atoms with Crippen LogP contribution < -0.4 is 10.5 Å². The second kappa shape index (κ2) is 6.02. The summed E-state index contributed by atoms with van der Waals surface area (Å²) in [6.07, 6.45) is 1.68. The predicted octanol–water partition coefficient (Wildman–Crippen LogP) is 1.07. The molecule has 0 radical (unpaired) electrons. The Bertz CT molecular complexity index is 490. The van der Waals surface area contributed by atoms with E-state index in [1.807, 2.05) is 13.8 Å². The number of sulfonamides is 1. The van der Waals surface area contributed by atoms with E-state index in [-0.39, 0.29) is 10.3 Å². The number of nitrogens with zero attached hydrogens (tertiary/aromatic N) is 1. The number of hydrogen-bond donors (Lipinski definition) is 3. The van der Waals surface area contributed by atoms with Crippen LogP contribution in [0.2, 0.25) is 0 Å². The fourth-order valence-corrected chi connectivity index (χ4v) is 3.64. The van der Waals surface area contributed by atoms with E-state index in [0.717, 1.165) is 12.8 Å². The number of rotatable bonds is 7. The van der Waals surface area contributed by atoms with Crippen LogP contribution in [0, 0.1) is 19.3 Å². The molecule has 1 rings (SSSR count). The minimum absolute atomic E-state index is 0.182. The number of aryl methyl sites for hydroxylation is 2. The standard InChI is InChI=1S/C12H24N4O2S/c1-5-12(6-2,7-13)8-14-19(17,18)11-9(3)15-16-10(11)4/h14H,5-8,13H2,1-4H3,(H,15,16). The van der Waals surface area contributed by atoms with Crippen LogP contribution in [0.25, 0.3) is 0 Å². The summed E-state index contributed by atoms with van der Waals surface area (Å²) in [7, 11) is -3.54. The first kappa shape index (κ1) is 16.1. The summed E-state index contributed by atoms with van der Waals surface area (Å²) in [5, 5.41) is 6.61. The molecule has 0 aliphatic heterocycles. The Morgan fingerprint density at radius 2 is 1.89 bits per heavy atom. The number of nitrogens with one attached hydrogen (secondary N) is 2. The van der Waals surface area contributed by atoms with E-state index < -0.39 is 10.0 Å². The lowest BCUT2D eigenvalue weighted by Crippen LogP contribution is -2.41. The molecule has 0 spiro atoms. The maximum atomic E-state index is 12.3. The van der Waals surface area contributed by atoms with Crippen LogP contribution in [0.1, 0.15) is 38.1 Å². The zero-order chi connectivity index (χ0) is 14.7. The Morgan fingerprint density at radius 1 is 1.32 bits per heavy atom. The Balaban J connectivity index is 2.93. The Morgan fingerprint density at radius 3 is 2.26 bits per heavy atom. The predicted molar refractivity (Wildman–Crippen MR) is 75.3 cm³/mol. The van der Waals surface area contributed by atoms with Crippen LogP contribution >= 0.6 is 0 Å². The summed E-state index contributed by atoms with van der Waals surface area (Å²) < 4.78 is 27.3. The molecule has 6 nitrogen and oxygen atoms in total. The molecule has 7 heteroatoms. The number of hydrogen-bond acceptors (Lipinski definition) is 4. The molecule has 0 aliphatic carbocycles. The third-order valence-corrected chi connectivity index (χ3v) is 5.56. The molecule has 110 valence electrons. The molecule has 0 amide bonds. The number of aromatic nitrogens is 2. The van der Waals surface area contributed by atoms with Crippen molar-refractivity contribution in [2.75, 3.05) is 13.1 Å². The molecular formula is C12H24N4O2S. The molecule has 0 bridgehead atoms. The molecule has 0 atom stereocenters. The van der Waals surface area contributed by atoms with E-state index in [0.29, 0.717) is 24.5 Å². The van der Waals surface area contributed by atoms with Crippen LogP contribution in [0.4, 0.5) is 0 Å². The maximum Gasteiger partial charge on any atom is 0.244 e. The molecular weight excluding hydrogens is 264 g/mol. The highest BCUT2D eigenvalue weighted by molar-refractivity contribution is 7.89. The van der Waals surface area contributed by atoms with Crippen molar-refractivity contribution < 1.29 is 8.42 Å². The van der Waals surface area contributed by atoms with E-state index >= 15 is 0 Å². The molecule has 0 aromatic carbocycles.